The summed E-state index contributed by atoms with van der Waals surface area (Å²) in [6, 6.07) is 12.8. The third-order valence-electron chi connectivity index (χ3n) is 3.20. The van der Waals surface area contributed by atoms with Gasteiger partial charge in [-0.25, -0.2) is 4.98 Å². The van der Waals surface area contributed by atoms with Crippen LogP contribution in [0.1, 0.15) is 0 Å². The summed E-state index contributed by atoms with van der Waals surface area (Å²) >= 11 is 1.27. The number of nitrogens with one attached hydrogen (secondary N) is 1. The maximum absolute atomic E-state index is 12.7. The molecule has 0 unspecified atom stereocenters. The molecule has 3 rings (SSSR count). The highest BCUT2D eigenvalue weighted by Crippen LogP contribution is 2.36. The van der Waals surface area contributed by atoms with Crippen LogP contribution in [0.4, 0.5) is 28.4 Å². The van der Waals surface area contributed by atoms with E-state index in [0.29, 0.717) is 10.8 Å². The summed E-state index contributed by atoms with van der Waals surface area (Å²) in [6.45, 7) is -6.18. The zero-order chi connectivity index (χ0) is 18.5. The number of benzene rings is 2. The molecule has 1 heterocycles. The molecule has 2 aromatic carbocycles. The predicted molar refractivity (Wildman–Crippen MR) is 90.5 cm³/mol. The summed E-state index contributed by atoms with van der Waals surface area (Å²) in [4.78, 5) is 4.33. The molecule has 0 spiro atoms. The molecular weight excluding hydrogens is 452 g/mol. The minimum Gasteiger partial charge on any atom is -1.00 e. The molecule has 27 heavy (non-hydrogen) atoms. The molecular formula is C17H12BrF4N2O2S-. The van der Waals surface area contributed by atoms with Crippen molar-refractivity contribution < 1.29 is 44.0 Å². The van der Waals surface area contributed by atoms with Crippen LogP contribution in [0.25, 0.3) is 11.3 Å². The number of rotatable bonds is 7. The Morgan fingerprint density at radius 3 is 2.30 bits per heavy atom. The van der Waals surface area contributed by atoms with Gasteiger partial charge < -0.3 is 31.8 Å². The van der Waals surface area contributed by atoms with Gasteiger partial charge in [0.15, 0.2) is 5.13 Å². The molecule has 4 nitrogen and oxygen atoms in total. The van der Waals surface area contributed by atoms with Crippen LogP contribution in [0.15, 0.2) is 53.9 Å². The first-order valence-corrected chi connectivity index (χ1v) is 8.21. The molecule has 1 aromatic heterocycles. The van der Waals surface area contributed by atoms with Gasteiger partial charge in [-0.15, -0.1) is 11.3 Å². The highest BCUT2D eigenvalue weighted by molar-refractivity contribution is 7.14. The van der Waals surface area contributed by atoms with Crippen molar-refractivity contribution in [2.75, 3.05) is 5.32 Å². The minimum absolute atomic E-state index is 0. The number of aromatic nitrogens is 1. The van der Waals surface area contributed by atoms with Crippen molar-refractivity contribution in [2.45, 2.75) is 13.2 Å². The van der Waals surface area contributed by atoms with Crippen LogP contribution >= 0.6 is 11.3 Å². The van der Waals surface area contributed by atoms with Gasteiger partial charge in [0.25, 0.3) is 0 Å². The van der Waals surface area contributed by atoms with Crippen molar-refractivity contribution in [1.82, 2.24) is 4.98 Å². The summed E-state index contributed by atoms with van der Waals surface area (Å²) in [5.41, 5.74) is 1.43. The van der Waals surface area contributed by atoms with Crippen molar-refractivity contribution in [1.29, 1.82) is 0 Å². The van der Waals surface area contributed by atoms with E-state index in [1.165, 1.54) is 23.5 Å². The third-order valence-corrected chi connectivity index (χ3v) is 3.96. The van der Waals surface area contributed by atoms with Gasteiger partial charge in [-0.2, -0.15) is 17.6 Å². The monoisotopic (exact) mass is 463 g/mol. The Labute approximate surface area is 166 Å². The van der Waals surface area contributed by atoms with E-state index in [2.05, 4.69) is 19.8 Å². The molecule has 0 aliphatic rings. The van der Waals surface area contributed by atoms with Crippen LogP contribution in [0.3, 0.4) is 0 Å². The molecule has 3 aromatic rings. The molecule has 10 heteroatoms. The van der Waals surface area contributed by atoms with Crippen molar-refractivity contribution >= 4 is 22.2 Å². The molecule has 0 saturated carbocycles. The fraction of sp³-hybridized carbons (Fsp3) is 0.118. The third kappa shape index (κ3) is 5.83. The van der Waals surface area contributed by atoms with Gasteiger partial charge in [-0.1, -0.05) is 18.2 Å². The Kier molecular flexibility index (Phi) is 7.43. The molecule has 0 aliphatic carbocycles. The number of halogens is 5. The zero-order valence-electron chi connectivity index (χ0n) is 13.4. The summed E-state index contributed by atoms with van der Waals surface area (Å²) in [7, 11) is 0. The Hall–Kier alpha value is -2.33. The Morgan fingerprint density at radius 2 is 1.63 bits per heavy atom. The lowest BCUT2D eigenvalue weighted by Crippen LogP contribution is -3.00. The van der Waals surface area contributed by atoms with Crippen molar-refractivity contribution in [3.05, 3.63) is 53.9 Å². The Bertz CT molecular complexity index is 865. The zero-order valence-corrected chi connectivity index (χ0v) is 15.8. The number of thiazole rings is 1. The van der Waals surface area contributed by atoms with Crippen LogP contribution in [0.2, 0.25) is 0 Å². The normalized spacial score (nSPS) is 10.6. The van der Waals surface area contributed by atoms with Crippen LogP contribution in [-0.2, 0) is 0 Å². The number of nitrogens with zero attached hydrogens (tertiary/aromatic N) is 1. The average Bonchev–Trinajstić information content (AvgIpc) is 3.03. The van der Waals surface area contributed by atoms with E-state index < -0.39 is 13.2 Å². The Morgan fingerprint density at radius 1 is 0.926 bits per heavy atom. The van der Waals surface area contributed by atoms with Crippen molar-refractivity contribution in [3.63, 3.8) is 0 Å². The van der Waals surface area contributed by atoms with Crippen molar-refractivity contribution in [3.8, 4) is 22.8 Å². The van der Waals surface area contributed by atoms with E-state index in [-0.39, 0.29) is 34.0 Å². The number of alkyl halides is 4. The van der Waals surface area contributed by atoms with Gasteiger partial charge >= 0.3 is 13.2 Å². The highest BCUT2D eigenvalue weighted by atomic mass is 79.9. The van der Waals surface area contributed by atoms with Gasteiger partial charge in [-0.3, -0.25) is 0 Å². The lowest BCUT2D eigenvalue weighted by molar-refractivity contribution is -0.0540. The number of anilines is 2. The van der Waals surface area contributed by atoms with E-state index in [1.54, 1.807) is 5.38 Å². The highest BCUT2D eigenvalue weighted by Gasteiger charge is 2.16. The summed E-state index contributed by atoms with van der Waals surface area (Å²) < 4.78 is 58.6. The van der Waals surface area contributed by atoms with E-state index >= 15 is 0 Å². The minimum atomic E-state index is -3.11. The first kappa shape index (κ1) is 21.0. The molecule has 0 bridgehead atoms. The van der Waals surface area contributed by atoms with Crippen molar-refractivity contribution in [2.24, 2.45) is 0 Å². The number of hydrogen-bond acceptors (Lipinski definition) is 5. The lowest BCUT2D eigenvalue weighted by Gasteiger charge is -2.12. The largest absolute Gasteiger partial charge is 1.00 e. The van der Waals surface area contributed by atoms with Crippen LogP contribution in [0.5, 0.6) is 11.5 Å². The second kappa shape index (κ2) is 9.56. The van der Waals surface area contributed by atoms with E-state index in [4.69, 9.17) is 0 Å². The van der Waals surface area contributed by atoms with Gasteiger partial charge in [-0.05, 0) is 24.3 Å². The van der Waals surface area contributed by atoms with Gasteiger partial charge in [0, 0.05) is 22.7 Å². The molecule has 0 aliphatic heterocycles. The first-order chi connectivity index (χ1) is 12.5. The molecule has 1 N–H and O–H groups in total. The number of hydrogen-bond donors (Lipinski definition) is 1. The summed E-state index contributed by atoms with van der Waals surface area (Å²) in [6.07, 6.45) is 0. The van der Waals surface area contributed by atoms with Gasteiger partial charge in [0.1, 0.15) is 11.5 Å². The maximum Gasteiger partial charge on any atom is 0.387 e. The quantitative estimate of drug-likeness (QED) is 0.547. The van der Waals surface area contributed by atoms with Gasteiger partial charge in [0.05, 0.1) is 5.69 Å². The van der Waals surface area contributed by atoms with E-state index in [0.717, 1.165) is 11.8 Å². The number of ether oxygens (including phenoxy) is 2. The fourth-order valence-electron chi connectivity index (χ4n) is 2.18. The standard InChI is InChI=1S/C17H12F4N2O2S.BrH/c18-15(19)24-11-6-7-12(14(8-11)25-16(20)21)13-9-26-17(23-13)22-10-4-2-1-3-5-10;/h1-9,15-16H,(H,22,23);1H/p-1. The lowest BCUT2D eigenvalue weighted by atomic mass is 10.1. The molecule has 0 fully saturated rings. The average molecular weight is 464 g/mol. The van der Waals surface area contributed by atoms with Crippen LogP contribution < -0.4 is 31.8 Å². The predicted octanol–water partition coefficient (Wildman–Crippen LogP) is 2.76. The molecule has 0 radical (unpaired) electrons. The van der Waals surface area contributed by atoms with Gasteiger partial charge in [0.2, 0.25) is 0 Å². The Balaban J connectivity index is 0.00000261. The smallest absolute Gasteiger partial charge is 0.387 e. The van der Waals surface area contributed by atoms with Crippen LogP contribution in [-0.4, -0.2) is 18.2 Å². The second-order valence-corrected chi connectivity index (χ2v) is 5.80. The second-order valence-electron chi connectivity index (χ2n) is 4.94. The maximum atomic E-state index is 12.7. The molecule has 0 atom stereocenters. The molecule has 0 amide bonds. The van der Waals surface area contributed by atoms with E-state index in [9.17, 15) is 17.6 Å². The fourth-order valence-corrected chi connectivity index (χ4v) is 2.91. The molecule has 0 saturated heterocycles. The SMILES string of the molecule is FC(F)Oc1ccc(-c2csc(Nc3ccccc3)n2)c(OC(F)F)c1.[Br-]. The first-order valence-electron chi connectivity index (χ1n) is 7.33. The summed E-state index contributed by atoms with van der Waals surface area (Å²) in [5.74, 6) is -0.577. The topological polar surface area (TPSA) is 43.4 Å². The summed E-state index contributed by atoms with van der Waals surface area (Å²) in [5, 5.41) is 5.28. The van der Waals surface area contributed by atoms with Crippen LogP contribution in [0, 0.1) is 0 Å². The number of para-hydroxylation sites is 1. The molecule has 144 valence electrons. The van der Waals surface area contributed by atoms with E-state index in [1.807, 2.05) is 30.3 Å².